The molecule has 28 heavy (non-hydrogen) atoms. The first kappa shape index (κ1) is 19.4. The minimum absolute atomic E-state index is 0.125. The number of hydrogen-bond donors (Lipinski definition) is 1. The van der Waals surface area contributed by atoms with Crippen LogP contribution in [-0.4, -0.2) is 30.1 Å². The fraction of sp³-hybridized carbons (Fsp3) is 0.0952. The number of halogens is 1. The molecule has 2 aromatic rings. The molecule has 7 heteroatoms. The number of rotatable bonds is 4. The summed E-state index contributed by atoms with van der Waals surface area (Å²) in [5, 5.41) is 9.47. The molecule has 1 aliphatic rings. The molecule has 0 atom stereocenters. The summed E-state index contributed by atoms with van der Waals surface area (Å²) in [6.07, 6.45) is 1.54. The van der Waals surface area contributed by atoms with E-state index in [-0.39, 0.29) is 16.7 Å². The number of carboxylic acid groups (broad SMARTS) is 1. The molecule has 6 nitrogen and oxygen atoms in total. The number of aromatic carboxylic acids is 1. The number of anilines is 1. The van der Waals surface area contributed by atoms with Crippen LogP contribution in [-0.2, 0) is 14.3 Å². The molecule has 0 unspecified atom stereocenters. The second kappa shape index (κ2) is 7.70. The van der Waals surface area contributed by atoms with Crippen LogP contribution in [0.4, 0.5) is 5.69 Å². The zero-order chi connectivity index (χ0) is 20.4. The lowest BCUT2D eigenvalue weighted by Gasteiger charge is -2.18. The van der Waals surface area contributed by atoms with Gasteiger partial charge in [0.15, 0.2) is 0 Å². The monoisotopic (exact) mass is 397 g/mol. The molecule has 0 spiro atoms. The topological polar surface area (TPSA) is 83.9 Å². The van der Waals surface area contributed by atoms with Crippen molar-refractivity contribution in [3.63, 3.8) is 0 Å². The van der Waals surface area contributed by atoms with Gasteiger partial charge in [0.05, 0.1) is 29.5 Å². The molecule has 1 heterocycles. The lowest BCUT2D eigenvalue weighted by atomic mass is 10.0. The fourth-order valence-corrected chi connectivity index (χ4v) is 3.18. The number of carbonyl (C=O) groups excluding carboxylic acids is 2. The van der Waals surface area contributed by atoms with Gasteiger partial charge in [0.25, 0.3) is 5.91 Å². The standard InChI is InChI=1S/C21H16ClNO5/c1-12-18(21(27)28-2)17(10-13-6-8-14(9-7-13)20(25)26)19(24)23(12)16-5-3-4-15(22)11-16/h3-11H,1-2H3,(H,25,26)/b17-10-. The van der Waals surface area contributed by atoms with Gasteiger partial charge >= 0.3 is 11.9 Å². The summed E-state index contributed by atoms with van der Waals surface area (Å²) in [5.74, 6) is -2.08. The Bertz CT molecular complexity index is 1040. The quantitative estimate of drug-likeness (QED) is 0.624. The molecule has 0 fully saturated rings. The van der Waals surface area contributed by atoms with Crippen LogP contribution in [0.15, 0.2) is 65.4 Å². The summed E-state index contributed by atoms with van der Waals surface area (Å²) in [6, 6.07) is 12.7. The van der Waals surface area contributed by atoms with E-state index in [2.05, 4.69) is 0 Å². The number of methoxy groups -OCH3 is 1. The van der Waals surface area contributed by atoms with E-state index in [1.54, 1.807) is 43.3 Å². The number of esters is 1. The maximum Gasteiger partial charge on any atom is 0.340 e. The first-order valence-corrected chi connectivity index (χ1v) is 8.66. The number of benzene rings is 2. The molecule has 0 bridgehead atoms. The van der Waals surface area contributed by atoms with Crippen LogP contribution in [0.25, 0.3) is 6.08 Å². The molecule has 0 saturated heterocycles. The van der Waals surface area contributed by atoms with Crippen molar-refractivity contribution in [2.75, 3.05) is 12.0 Å². The average Bonchev–Trinajstić information content (AvgIpc) is 2.91. The Hall–Kier alpha value is -3.38. The van der Waals surface area contributed by atoms with E-state index in [0.29, 0.717) is 22.0 Å². The maximum atomic E-state index is 13.1. The summed E-state index contributed by atoms with van der Waals surface area (Å²) in [7, 11) is 1.24. The van der Waals surface area contributed by atoms with Gasteiger partial charge in [-0.25, -0.2) is 9.59 Å². The van der Waals surface area contributed by atoms with Crippen LogP contribution < -0.4 is 4.90 Å². The maximum absolute atomic E-state index is 13.1. The SMILES string of the molecule is COC(=O)C1=C(C)N(c2cccc(Cl)c2)C(=O)/C1=C\c1ccc(C(=O)O)cc1. The van der Waals surface area contributed by atoms with Gasteiger partial charge in [-0.3, -0.25) is 9.69 Å². The molecule has 0 saturated carbocycles. The molecule has 1 aliphatic heterocycles. The van der Waals surface area contributed by atoms with Crippen LogP contribution in [0.3, 0.4) is 0 Å². The largest absolute Gasteiger partial charge is 0.478 e. The molecule has 1 amide bonds. The van der Waals surface area contributed by atoms with Gasteiger partial charge in [0.2, 0.25) is 0 Å². The summed E-state index contributed by atoms with van der Waals surface area (Å²) in [5.41, 5.74) is 1.96. The van der Waals surface area contributed by atoms with E-state index in [1.165, 1.54) is 30.2 Å². The van der Waals surface area contributed by atoms with Gasteiger partial charge in [-0.1, -0.05) is 29.8 Å². The lowest BCUT2D eigenvalue weighted by molar-refractivity contribution is -0.136. The van der Waals surface area contributed by atoms with E-state index >= 15 is 0 Å². The van der Waals surface area contributed by atoms with Crippen LogP contribution in [0, 0.1) is 0 Å². The van der Waals surface area contributed by atoms with Gasteiger partial charge < -0.3 is 9.84 Å². The molecular formula is C21H16ClNO5. The average molecular weight is 398 g/mol. The smallest absolute Gasteiger partial charge is 0.340 e. The highest BCUT2D eigenvalue weighted by atomic mass is 35.5. The van der Waals surface area contributed by atoms with Crippen LogP contribution >= 0.6 is 11.6 Å². The van der Waals surface area contributed by atoms with Gasteiger partial charge in [-0.2, -0.15) is 0 Å². The lowest BCUT2D eigenvalue weighted by Crippen LogP contribution is -2.24. The normalized spacial score (nSPS) is 15.3. The molecule has 142 valence electrons. The summed E-state index contributed by atoms with van der Waals surface area (Å²) in [4.78, 5) is 37.9. The predicted octanol–water partition coefficient (Wildman–Crippen LogP) is 3.92. The summed E-state index contributed by atoms with van der Waals surface area (Å²) in [6.45, 7) is 1.65. The van der Waals surface area contributed by atoms with E-state index in [9.17, 15) is 14.4 Å². The minimum Gasteiger partial charge on any atom is -0.478 e. The number of amides is 1. The van der Waals surface area contributed by atoms with Gasteiger partial charge in [0.1, 0.15) is 0 Å². The third-order valence-electron chi connectivity index (χ3n) is 4.32. The van der Waals surface area contributed by atoms with Gasteiger partial charge in [0, 0.05) is 10.7 Å². The third kappa shape index (κ3) is 3.54. The van der Waals surface area contributed by atoms with Crippen molar-refractivity contribution in [3.8, 4) is 0 Å². The van der Waals surface area contributed by atoms with Crippen LogP contribution in [0.2, 0.25) is 5.02 Å². The van der Waals surface area contributed by atoms with E-state index < -0.39 is 17.8 Å². The van der Waals surface area contributed by atoms with Crippen molar-refractivity contribution in [2.24, 2.45) is 0 Å². The Morgan fingerprint density at radius 3 is 2.39 bits per heavy atom. The molecule has 0 radical (unpaired) electrons. The van der Waals surface area contributed by atoms with Crippen molar-refractivity contribution in [1.82, 2.24) is 0 Å². The number of carboxylic acids is 1. The number of allylic oxidation sites excluding steroid dienone is 1. The zero-order valence-electron chi connectivity index (χ0n) is 15.1. The molecule has 0 aliphatic carbocycles. The van der Waals surface area contributed by atoms with E-state index in [4.69, 9.17) is 21.4 Å². The number of ether oxygens (including phenoxy) is 1. The van der Waals surface area contributed by atoms with Crippen molar-refractivity contribution < 1.29 is 24.2 Å². The predicted molar refractivity (Wildman–Crippen MR) is 105 cm³/mol. The van der Waals surface area contributed by atoms with Crippen LogP contribution in [0.5, 0.6) is 0 Å². The zero-order valence-corrected chi connectivity index (χ0v) is 15.9. The number of hydrogen-bond acceptors (Lipinski definition) is 4. The number of nitrogens with zero attached hydrogens (tertiary/aromatic N) is 1. The molecule has 0 aromatic heterocycles. The Kier molecular flexibility index (Phi) is 5.33. The van der Waals surface area contributed by atoms with Gasteiger partial charge in [-0.15, -0.1) is 0 Å². The van der Waals surface area contributed by atoms with Crippen LogP contribution in [0.1, 0.15) is 22.8 Å². The van der Waals surface area contributed by atoms with E-state index in [1.807, 2.05) is 0 Å². The molecule has 2 aromatic carbocycles. The first-order chi connectivity index (χ1) is 13.3. The number of carbonyl (C=O) groups is 3. The highest BCUT2D eigenvalue weighted by Gasteiger charge is 2.37. The summed E-state index contributed by atoms with van der Waals surface area (Å²) < 4.78 is 4.86. The van der Waals surface area contributed by atoms with Crippen molar-refractivity contribution in [2.45, 2.75) is 6.92 Å². The van der Waals surface area contributed by atoms with E-state index in [0.717, 1.165) is 0 Å². The molecular weight excluding hydrogens is 382 g/mol. The Balaban J connectivity index is 2.10. The summed E-state index contributed by atoms with van der Waals surface area (Å²) >= 11 is 6.04. The van der Waals surface area contributed by atoms with Crippen molar-refractivity contribution in [3.05, 3.63) is 81.5 Å². The highest BCUT2D eigenvalue weighted by Crippen LogP contribution is 2.36. The molecule has 1 N–H and O–H groups in total. The Morgan fingerprint density at radius 2 is 1.82 bits per heavy atom. The Morgan fingerprint density at radius 1 is 1.14 bits per heavy atom. The van der Waals surface area contributed by atoms with Crippen molar-refractivity contribution in [1.29, 1.82) is 0 Å². The molecule has 3 rings (SSSR count). The highest BCUT2D eigenvalue weighted by molar-refractivity contribution is 6.31. The minimum atomic E-state index is -1.05. The van der Waals surface area contributed by atoms with Crippen molar-refractivity contribution >= 4 is 41.2 Å². The second-order valence-electron chi connectivity index (χ2n) is 6.06. The Labute approximate surface area is 166 Å². The van der Waals surface area contributed by atoms with Gasteiger partial charge in [-0.05, 0) is 48.9 Å². The second-order valence-corrected chi connectivity index (χ2v) is 6.49. The first-order valence-electron chi connectivity index (χ1n) is 8.28. The fourth-order valence-electron chi connectivity index (χ4n) is 2.99. The third-order valence-corrected chi connectivity index (χ3v) is 4.56.